The van der Waals surface area contributed by atoms with Gasteiger partial charge in [-0.2, -0.15) is 0 Å². The number of hydrogen-bond acceptors (Lipinski definition) is 5. The highest BCUT2D eigenvalue weighted by atomic mass is 32.2. The molecule has 108 valence electrons. The average Bonchev–Trinajstić information content (AvgIpc) is 3.24. The summed E-state index contributed by atoms with van der Waals surface area (Å²) in [6.07, 6.45) is 0. The highest BCUT2D eigenvalue weighted by molar-refractivity contribution is 7.99. The molecule has 1 atom stereocenters. The van der Waals surface area contributed by atoms with E-state index in [9.17, 15) is 4.79 Å². The Balaban J connectivity index is 1.63. The normalized spacial score (nSPS) is 20.0. The summed E-state index contributed by atoms with van der Waals surface area (Å²) >= 11 is 3.28. The van der Waals surface area contributed by atoms with Crippen LogP contribution in [0.25, 0.3) is 0 Å². The molecule has 0 spiro atoms. The van der Waals surface area contributed by atoms with E-state index in [1.54, 1.807) is 11.8 Å². The van der Waals surface area contributed by atoms with Crippen molar-refractivity contribution in [3.05, 3.63) is 46.2 Å². The van der Waals surface area contributed by atoms with E-state index in [-0.39, 0.29) is 18.1 Å². The van der Waals surface area contributed by atoms with Crippen molar-refractivity contribution in [2.75, 3.05) is 19.1 Å². The van der Waals surface area contributed by atoms with Gasteiger partial charge in [0.05, 0.1) is 4.88 Å². The van der Waals surface area contributed by atoms with E-state index in [0.717, 1.165) is 34.2 Å². The molecule has 0 N–H and O–H groups in total. The zero-order valence-electron chi connectivity index (χ0n) is 11.2. The molecule has 0 unspecified atom stereocenters. The summed E-state index contributed by atoms with van der Waals surface area (Å²) in [4.78, 5) is 15.3. The van der Waals surface area contributed by atoms with Crippen LogP contribution in [0.15, 0.2) is 35.7 Å². The van der Waals surface area contributed by atoms with Crippen molar-refractivity contribution in [3.63, 3.8) is 0 Å². The van der Waals surface area contributed by atoms with Gasteiger partial charge in [0.2, 0.25) is 6.79 Å². The maximum absolute atomic E-state index is 12.6. The lowest BCUT2D eigenvalue weighted by Gasteiger charge is -2.23. The second-order valence-electron chi connectivity index (χ2n) is 4.81. The van der Waals surface area contributed by atoms with Crippen molar-refractivity contribution in [2.45, 2.75) is 5.37 Å². The Bertz CT molecular complexity index is 672. The van der Waals surface area contributed by atoms with Crippen molar-refractivity contribution in [1.29, 1.82) is 0 Å². The maximum Gasteiger partial charge on any atom is 0.265 e. The number of thiophene rings is 1. The van der Waals surface area contributed by atoms with Crippen LogP contribution in [-0.2, 0) is 0 Å². The topological polar surface area (TPSA) is 38.8 Å². The fourth-order valence-electron chi connectivity index (χ4n) is 2.56. The van der Waals surface area contributed by atoms with Gasteiger partial charge in [0.1, 0.15) is 5.37 Å². The zero-order chi connectivity index (χ0) is 14.2. The fraction of sp³-hybridized carbons (Fsp3) is 0.267. The van der Waals surface area contributed by atoms with Crippen LogP contribution in [-0.4, -0.2) is 29.9 Å². The van der Waals surface area contributed by atoms with Gasteiger partial charge in [-0.25, -0.2) is 0 Å². The van der Waals surface area contributed by atoms with Crippen molar-refractivity contribution >= 4 is 29.0 Å². The molecule has 3 heterocycles. The molecule has 2 aromatic rings. The lowest BCUT2D eigenvalue weighted by molar-refractivity contribution is 0.0765. The number of amides is 1. The summed E-state index contributed by atoms with van der Waals surface area (Å²) in [6.45, 7) is 1.05. The first kappa shape index (κ1) is 13.0. The molecule has 0 saturated carbocycles. The summed E-state index contributed by atoms with van der Waals surface area (Å²) in [5, 5.41) is 1.99. The summed E-state index contributed by atoms with van der Waals surface area (Å²) in [6, 6.07) is 9.72. The van der Waals surface area contributed by atoms with Gasteiger partial charge in [0.15, 0.2) is 11.5 Å². The molecule has 4 rings (SSSR count). The summed E-state index contributed by atoms with van der Waals surface area (Å²) in [5.74, 6) is 2.61. The van der Waals surface area contributed by atoms with Crippen LogP contribution in [0.3, 0.4) is 0 Å². The minimum Gasteiger partial charge on any atom is -0.454 e. The van der Waals surface area contributed by atoms with Crippen LogP contribution < -0.4 is 9.47 Å². The van der Waals surface area contributed by atoms with Gasteiger partial charge in [0, 0.05) is 12.3 Å². The quantitative estimate of drug-likeness (QED) is 0.851. The molecule has 4 nitrogen and oxygen atoms in total. The van der Waals surface area contributed by atoms with E-state index in [1.807, 2.05) is 40.6 Å². The van der Waals surface area contributed by atoms with Crippen molar-refractivity contribution < 1.29 is 14.3 Å². The number of ether oxygens (including phenoxy) is 2. The maximum atomic E-state index is 12.6. The number of rotatable bonds is 2. The Kier molecular flexibility index (Phi) is 3.27. The molecule has 6 heteroatoms. The van der Waals surface area contributed by atoms with Crippen LogP contribution in [0.1, 0.15) is 20.6 Å². The van der Waals surface area contributed by atoms with Crippen molar-refractivity contribution in [2.24, 2.45) is 0 Å². The molecular formula is C15H13NO3S2. The molecule has 0 radical (unpaired) electrons. The number of carbonyl (C=O) groups excluding carboxylic acids is 1. The fourth-order valence-corrected chi connectivity index (χ4v) is 4.49. The Hall–Kier alpha value is -1.66. The first-order valence-electron chi connectivity index (χ1n) is 6.68. The van der Waals surface area contributed by atoms with Crippen LogP contribution >= 0.6 is 23.1 Å². The number of hydrogen-bond donors (Lipinski definition) is 0. The van der Waals surface area contributed by atoms with Crippen molar-refractivity contribution in [3.8, 4) is 11.5 Å². The van der Waals surface area contributed by atoms with Gasteiger partial charge >= 0.3 is 0 Å². The average molecular weight is 319 g/mol. The third kappa shape index (κ3) is 2.28. The van der Waals surface area contributed by atoms with Crippen LogP contribution in [0.2, 0.25) is 0 Å². The first-order valence-corrected chi connectivity index (χ1v) is 8.61. The predicted octanol–water partition coefficient (Wildman–Crippen LogP) is 3.36. The molecule has 2 aliphatic rings. The summed E-state index contributed by atoms with van der Waals surface area (Å²) in [5.41, 5.74) is 1.09. The standard InChI is InChI=1S/C15H13NO3S2/c17-14(13-2-1-6-20-13)16-5-7-21-15(16)10-3-4-11-12(8-10)19-9-18-11/h1-4,6,8,15H,5,7,9H2/t15-/m1/s1. The number of thioether (sulfide) groups is 1. The van der Waals surface area contributed by atoms with Crippen LogP contribution in [0.5, 0.6) is 11.5 Å². The Morgan fingerprint density at radius 1 is 1.24 bits per heavy atom. The molecule has 1 aromatic carbocycles. The second kappa shape index (κ2) is 5.27. The number of carbonyl (C=O) groups is 1. The molecule has 1 saturated heterocycles. The minimum absolute atomic E-state index is 0.0501. The van der Waals surface area contributed by atoms with Gasteiger partial charge in [-0.05, 0) is 29.1 Å². The first-order chi connectivity index (χ1) is 10.3. The molecule has 2 aliphatic heterocycles. The largest absolute Gasteiger partial charge is 0.454 e. The lowest BCUT2D eigenvalue weighted by Crippen LogP contribution is -2.29. The second-order valence-corrected chi connectivity index (χ2v) is 6.95. The molecule has 1 amide bonds. The van der Waals surface area contributed by atoms with Gasteiger partial charge in [-0.1, -0.05) is 12.1 Å². The highest BCUT2D eigenvalue weighted by Crippen LogP contribution is 2.42. The zero-order valence-corrected chi connectivity index (χ0v) is 12.8. The molecular weight excluding hydrogens is 306 g/mol. The van der Waals surface area contributed by atoms with Gasteiger partial charge in [0.25, 0.3) is 5.91 Å². The van der Waals surface area contributed by atoms with E-state index in [1.165, 1.54) is 11.3 Å². The van der Waals surface area contributed by atoms with Crippen LogP contribution in [0, 0.1) is 0 Å². The van der Waals surface area contributed by atoms with Crippen molar-refractivity contribution in [1.82, 2.24) is 4.90 Å². The number of fused-ring (bicyclic) bond motifs is 1. The van der Waals surface area contributed by atoms with Gasteiger partial charge in [-0.3, -0.25) is 4.79 Å². The summed E-state index contributed by atoms with van der Waals surface area (Å²) < 4.78 is 10.8. The van der Waals surface area contributed by atoms with E-state index in [0.29, 0.717) is 0 Å². The lowest BCUT2D eigenvalue weighted by atomic mass is 10.2. The molecule has 0 bridgehead atoms. The molecule has 0 aliphatic carbocycles. The highest BCUT2D eigenvalue weighted by Gasteiger charge is 2.32. The number of nitrogens with zero attached hydrogens (tertiary/aromatic N) is 1. The van der Waals surface area contributed by atoms with Gasteiger partial charge < -0.3 is 14.4 Å². The SMILES string of the molecule is O=C(c1cccs1)N1CCS[C@@H]1c1ccc2c(c1)OCO2. The van der Waals surface area contributed by atoms with E-state index < -0.39 is 0 Å². The summed E-state index contributed by atoms with van der Waals surface area (Å²) in [7, 11) is 0. The molecule has 1 fully saturated rings. The van der Waals surface area contributed by atoms with E-state index in [2.05, 4.69) is 0 Å². The van der Waals surface area contributed by atoms with E-state index >= 15 is 0 Å². The van der Waals surface area contributed by atoms with E-state index in [4.69, 9.17) is 9.47 Å². The van der Waals surface area contributed by atoms with Gasteiger partial charge in [-0.15, -0.1) is 23.1 Å². The molecule has 21 heavy (non-hydrogen) atoms. The Morgan fingerprint density at radius 3 is 3.00 bits per heavy atom. The van der Waals surface area contributed by atoms with Crippen LogP contribution in [0.4, 0.5) is 0 Å². The third-order valence-corrected chi connectivity index (χ3v) is 5.68. The Morgan fingerprint density at radius 2 is 2.14 bits per heavy atom. The Labute approximate surface area is 130 Å². The monoisotopic (exact) mass is 319 g/mol. The third-order valence-electron chi connectivity index (χ3n) is 3.57. The molecule has 1 aromatic heterocycles. The predicted molar refractivity (Wildman–Crippen MR) is 83.1 cm³/mol. The minimum atomic E-state index is 0.0501. The number of benzene rings is 1. The smallest absolute Gasteiger partial charge is 0.265 e.